The summed E-state index contributed by atoms with van der Waals surface area (Å²) in [6.45, 7) is 7.76. The quantitative estimate of drug-likeness (QED) is 0.615. The van der Waals surface area contributed by atoms with Gasteiger partial charge in [-0.15, -0.1) is 0 Å². The van der Waals surface area contributed by atoms with E-state index in [2.05, 4.69) is 20.2 Å². The highest BCUT2D eigenvalue weighted by atomic mass is 32.2. The Morgan fingerprint density at radius 2 is 2.05 bits per heavy atom. The van der Waals surface area contributed by atoms with Crippen molar-refractivity contribution in [2.24, 2.45) is 0 Å². The van der Waals surface area contributed by atoms with Crippen LogP contribution in [0.25, 0.3) is 0 Å². The molecule has 1 aromatic rings. The zero-order valence-electron chi connectivity index (χ0n) is 13.5. The smallest absolute Gasteiger partial charge is 0.260 e. The zero-order chi connectivity index (χ0) is 16.0. The molecule has 21 heavy (non-hydrogen) atoms. The highest BCUT2D eigenvalue weighted by Gasteiger charge is 2.25. The number of nitrogens with zero attached hydrogens (tertiary/aromatic N) is 2. The molecular formula is C13H27N5O2S. The number of nitrogens with one attached hydrogen (secondary N) is 3. The van der Waals surface area contributed by atoms with Crippen LogP contribution in [-0.4, -0.2) is 56.7 Å². The maximum Gasteiger partial charge on any atom is 0.260 e. The predicted molar refractivity (Wildman–Crippen MR) is 83.7 cm³/mol. The normalized spacial score (nSPS) is 13.8. The summed E-state index contributed by atoms with van der Waals surface area (Å²) < 4.78 is 27.6. The summed E-state index contributed by atoms with van der Waals surface area (Å²) in [5, 5.41) is 9.95. The molecule has 0 fully saturated rings. The molecule has 1 unspecified atom stereocenters. The molecule has 0 amide bonds. The summed E-state index contributed by atoms with van der Waals surface area (Å²) in [4.78, 5) is 2.03. The number of hydrogen-bond acceptors (Lipinski definition) is 5. The topological polar surface area (TPSA) is 90.1 Å². The fraction of sp³-hybridized carbons (Fsp3) is 0.769. The molecule has 0 bridgehead atoms. The van der Waals surface area contributed by atoms with Crippen LogP contribution in [0.15, 0.2) is 5.03 Å². The minimum atomic E-state index is -3.60. The molecule has 0 aliphatic rings. The molecule has 1 rings (SSSR count). The van der Waals surface area contributed by atoms with Gasteiger partial charge in [0.25, 0.3) is 10.0 Å². The van der Waals surface area contributed by atoms with E-state index < -0.39 is 10.0 Å². The lowest BCUT2D eigenvalue weighted by Crippen LogP contribution is -2.35. The molecule has 7 nitrogen and oxygen atoms in total. The van der Waals surface area contributed by atoms with Gasteiger partial charge in [-0.25, -0.2) is 13.1 Å². The monoisotopic (exact) mass is 317 g/mol. The van der Waals surface area contributed by atoms with Gasteiger partial charge in [0.2, 0.25) is 0 Å². The Morgan fingerprint density at radius 3 is 2.62 bits per heavy atom. The lowest BCUT2D eigenvalue weighted by molar-refractivity contribution is 0.378. The van der Waals surface area contributed by atoms with E-state index in [9.17, 15) is 8.42 Å². The minimum absolute atomic E-state index is 0.0950. The SMILES string of the molecule is CCNCc1c(S(=O)(=O)NC(C)CCN(C)C)n[nH]c1C. The number of aromatic nitrogens is 2. The Kier molecular flexibility index (Phi) is 6.79. The summed E-state index contributed by atoms with van der Waals surface area (Å²) in [5.74, 6) is 0. The van der Waals surface area contributed by atoms with Crippen molar-refractivity contribution in [3.63, 3.8) is 0 Å². The number of rotatable bonds is 9. The molecule has 0 spiro atoms. The molecule has 0 aromatic carbocycles. The van der Waals surface area contributed by atoms with Crippen LogP contribution in [0, 0.1) is 6.92 Å². The molecule has 1 atom stereocenters. The maximum atomic E-state index is 12.4. The molecule has 0 aliphatic carbocycles. The molecule has 3 N–H and O–H groups in total. The van der Waals surface area contributed by atoms with Crippen molar-refractivity contribution in [3.05, 3.63) is 11.3 Å². The lowest BCUT2D eigenvalue weighted by Gasteiger charge is -2.16. The van der Waals surface area contributed by atoms with Crippen LogP contribution >= 0.6 is 0 Å². The molecule has 0 saturated carbocycles. The molecule has 122 valence electrons. The number of aromatic amines is 1. The van der Waals surface area contributed by atoms with Gasteiger partial charge < -0.3 is 10.2 Å². The van der Waals surface area contributed by atoms with Gasteiger partial charge in [0.05, 0.1) is 0 Å². The third kappa shape index (κ3) is 5.39. The Hall–Kier alpha value is -0.960. The third-order valence-corrected chi connectivity index (χ3v) is 4.77. The van der Waals surface area contributed by atoms with Gasteiger partial charge >= 0.3 is 0 Å². The van der Waals surface area contributed by atoms with Gasteiger partial charge in [-0.1, -0.05) is 6.92 Å². The van der Waals surface area contributed by atoms with Gasteiger partial charge in [0.1, 0.15) is 0 Å². The van der Waals surface area contributed by atoms with Crippen molar-refractivity contribution in [1.29, 1.82) is 0 Å². The first-order valence-electron chi connectivity index (χ1n) is 7.19. The van der Waals surface area contributed by atoms with Crippen molar-refractivity contribution in [2.45, 2.75) is 44.8 Å². The van der Waals surface area contributed by atoms with Gasteiger partial charge in [-0.2, -0.15) is 5.10 Å². The highest BCUT2D eigenvalue weighted by molar-refractivity contribution is 7.89. The maximum absolute atomic E-state index is 12.4. The Morgan fingerprint density at radius 1 is 1.38 bits per heavy atom. The van der Waals surface area contributed by atoms with Crippen molar-refractivity contribution in [1.82, 2.24) is 25.1 Å². The van der Waals surface area contributed by atoms with E-state index >= 15 is 0 Å². The average Bonchev–Trinajstić information content (AvgIpc) is 2.75. The van der Waals surface area contributed by atoms with E-state index in [0.29, 0.717) is 12.1 Å². The fourth-order valence-electron chi connectivity index (χ4n) is 1.94. The predicted octanol–water partition coefficient (Wildman–Crippen LogP) is 0.446. The van der Waals surface area contributed by atoms with E-state index in [1.165, 1.54) is 0 Å². The molecule has 1 aromatic heterocycles. The second-order valence-electron chi connectivity index (χ2n) is 5.53. The molecule has 0 aliphatic heterocycles. The van der Waals surface area contributed by atoms with Crippen LogP contribution in [0.1, 0.15) is 31.5 Å². The summed E-state index contributed by atoms with van der Waals surface area (Å²) in [6.07, 6.45) is 0.748. The van der Waals surface area contributed by atoms with E-state index in [1.54, 1.807) is 0 Å². The summed E-state index contributed by atoms with van der Waals surface area (Å²) in [7, 11) is 0.332. The third-order valence-electron chi connectivity index (χ3n) is 3.21. The molecule has 0 radical (unpaired) electrons. The molecule has 1 heterocycles. The first-order chi connectivity index (χ1) is 9.77. The standard InChI is InChI=1S/C13H27N5O2S/c1-6-14-9-12-11(3)15-16-13(12)21(19,20)17-10(2)7-8-18(4)5/h10,14,17H,6-9H2,1-5H3,(H,15,16). The minimum Gasteiger partial charge on any atom is -0.313 e. The Labute approximate surface area is 127 Å². The van der Waals surface area contributed by atoms with Crippen LogP contribution in [-0.2, 0) is 16.6 Å². The summed E-state index contributed by atoms with van der Waals surface area (Å²) in [5.41, 5.74) is 1.47. The molecule has 0 saturated heterocycles. The van der Waals surface area contributed by atoms with Gasteiger partial charge in [-0.3, -0.25) is 5.10 Å². The van der Waals surface area contributed by atoms with Crippen LogP contribution in [0.3, 0.4) is 0 Å². The summed E-state index contributed by atoms with van der Waals surface area (Å²) >= 11 is 0. The molecule has 8 heteroatoms. The van der Waals surface area contributed by atoms with Crippen LogP contribution in [0.2, 0.25) is 0 Å². The number of sulfonamides is 1. The second kappa shape index (κ2) is 7.88. The lowest BCUT2D eigenvalue weighted by atomic mass is 10.2. The van der Waals surface area contributed by atoms with E-state index in [0.717, 1.165) is 25.2 Å². The van der Waals surface area contributed by atoms with Crippen molar-refractivity contribution < 1.29 is 8.42 Å². The van der Waals surface area contributed by atoms with Gasteiger partial charge in [0.15, 0.2) is 5.03 Å². The van der Waals surface area contributed by atoms with Crippen LogP contribution in [0.5, 0.6) is 0 Å². The van der Waals surface area contributed by atoms with E-state index in [1.807, 2.05) is 39.8 Å². The zero-order valence-corrected chi connectivity index (χ0v) is 14.3. The highest BCUT2D eigenvalue weighted by Crippen LogP contribution is 2.16. The second-order valence-corrected chi connectivity index (χ2v) is 7.16. The Bertz CT molecular complexity index is 539. The number of H-pyrrole nitrogens is 1. The van der Waals surface area contributed by atoms with E-state index in [4.69, 9.17) is 0 Å². The van der Waals surface area contributed by atoms with Gasteiger partial charge in [-0.05, 0) is 47.5 Å². The average molecular weight is 317 g/mol. The van der Waals surface area contributed by atoms with Crippen molar-refractivity contribution >= 4 is 10.0 Å². The van der Waals surface area contributed by atoms with Crippen molar-refractivity contribution in [3.8, 4) is 0 Å². The number of hydrogen-bond donors (Lipinski definition) is 3. The number of aryl methyl sites for hydroxylation is 1. The van der Waals surface area contributed by atoms with Gasteiger partial charge in [0, 0.05) is 23.8 Å². The van der Waals surface area contributed by atoms with Crippen LogP contribution < -0.4 is 10.0 Å². The largest absolute Gasteiger partial charge is 0.313 e. The fourth-order valence-corrected chi connectivity index (χ4v) is 3.42. The van der Waals surface area contributed by atoms with Crippen molar-refractivity contribution in [2.75, 3.05) is 27.2 Å². The Balaban J connectivity index is 2.83. The first kappa shape index (κ1) is 18.1. The molecular weight excluding hydrogens is 290 g/mol. The van der Waals surface area contributed by atoms with Crippen LogP contribution in [0.4, 0.5) is 0 Å². The first-order valence-corrected chi connectivity index (χ1v) is 8.67. The van der Waals surface area contributed by atoms with E-state index in [-0.39, 0.29) is 11.1 Å². The summed E-state index contributed by atoms with van der Waals surface area (Å²) in [6, 6.07) is -0.138.